The number of rotatable bonds is 5. The molecular weight excluding hydrogens is 214 g/mol. The number of carbonyl (C=O) groups is 1. The highest BCUT2D eigenvalue weighted by Crippen LogP contribution is 2.21. The van der Waals surface area contributed by atoms with Crippen LogP contribution in [0.2, 0.25) is 0 Å². The van der Waals surface area contributed by atoms with Crippen molar-refractivity contribution in [2.24, 2.45) is 5.92 Å². The first-order valence-electron chi connectivity index (χ1n) is 5.98. The van der Waals surface area contributed by atoms with E-state index in [-0.39, 0.29) is 5.97 Å². The van der Waals surface area contributed by atoms with E-state index in [4.69, 9.17) is 4.74 Å². The minimum Gasteiger partial charge on any atom is -0.465 e. The number of carbonyl (C=O) groups excluding carboxylic acids is 1. The summed E-state index contributed by atoms with van der Waals surface area (Å²) in [5, 5.41) is 0. The number of benzene rings is 1. The van der Waals surface area contributed by atoms with Gasteiger partial charge >= 0.3 is 5.97 Å². The number of hydrogen-bond acceptors (Lipinski definition) is 3. The fraction of sp³-hybridized carbons (Fsp3) is 0.500. The zero-order valence-corrected chi connectivity index (χ0v) is 11.1. The standard InChI is InChI=1S/C14H21NO2/c1-5-11(2)10-15(3)13-9-7-6-8-12(13)14(16)17-4/h6-9,11H,5,10H2,1-4H3. The van der Waals surface area contributed by atoms with Crippen LogP contribution in [0.25, 0.3) is 0 Å². The van der Waals surface area contributed by atoms with Gasteiger partial charge in [0.15, 0.2) is 0 Å². The lowest BCUT2D eigenvalue weighted by Gasteiger charge is -2.24. The van der Waals surface area contributed by atoms with Gasteiger partial charge in [-0.2, -0.15) is 0 Å². The number of hydrogen-bond donors (Lipinski definition) is 0. The van der Waals surface area contributed by atoms with E-state index in [1.807, 2.05) is 25.2 Å². The molecule has 0 spiro atoms. The Kier molecular flexibility index (Phi) is 5.01. The Morgan fingerprint density at radius 1 is 1.41 bits per heavy atom. The third-order valence-corrected chi connectivity index (χ3v) is 3.00. The summed E-state index contributed by atoms with van der Waals surface area (Å²) >= 11 is 0. The second-order valence-electron chi connectivity index (χ2n) is 4.40. The fourth-order valence-electron chi connectivity index (χ4n) is 1.78. The lowest BCUT2D eigenvalue weighted by Crippen LogP contribution is -2.25. The first-order valence-corrected chi connectivity index (χ1v) is 5.98. The first kappa shape index (κ1) is 13.6. The smallest absolute Gasteiger partial charge is 0.339 e. The third-order valence-electron chi connectivity index (χ3n) is 3.00. The second kappa shape index (κ2) is 6.28. The lowest BCUT2D eigenvalue weighted by atomic mass is 10.1. The summed E-state index contributed by atoms with van der Waals surface area (Å²) in [6.45, 7) is 5.31. The van der Waals surface area contributed by atoms with Gasteiger partial charge in [-0.05, 0) is 18.1 Å². The SMILES string of the molecule is CCC(C)CN(C)c1ccccc1C(=O)OC. The van der Waals surface area contributed by atoms with Gasteiger partial charge in [0, 0.05) is 13.6 Å². The molecule has 0 aliphatic carbocycles. The summed E-state index contributed by atoms with van der Waals surface area (Å²) in [7, 11) is 3.42. The summed E-state index contributed by atoms with van der Waals surface area (Å²) < 4.78 is 4.79. The summed E-state index contributed by atoms with van der Waals surface area (Å²) in [4.78, 5) is 13.8. The largest absolute Gasteiger partial charge is 0.465 e. The van der Waals surface area contributed by atoms with Crippen molar-refractivity contribution in [1.29, 1.82) is 0 Å². The maximum absolute atomic E-state index is 11.6. The molecule has 0 fully saturated rings. The van der Waals surface area contributed by atoms with Crippen molar-refractivity contribution in [1.82, 2.24) is 0 Å². The Morgan fingerprint density at radius 2 is 2.06 bits per heavy atom. The number of methoxy groups -OCH3 is 1. The number of esters is 1. The molecule has 0 aliphatic rings. The summed E-state index contributed by atoms with van der Waals surface area (Å²) in [6, 6.07) is 7.55. The van der Waals surface area contributed by atoms with E-state index in [0.717, 1.165) is 18.7 Å². The quantitative estimate of drug-likeness (QED) is 0.735. The third kappa shape index (κ3) is 3.48. The van der Waals surface area contributed by atoms with Crippen molar-refractivity contribution >= 4 is 11.7 Å². The monoisotopic (exact) mass is 235 g/mol. The number of nitrogens with zero attached hydrogens (tertiary/aromatic N) is 1. The Hall–Kier alpha value is -1.51. The van der Waals surface area contributed by atoms with Gasteiger partial charge in [0.1, 0.15) is 0 Å². The van der Waals surface area contributed by atoms with Gasteiger partial charge in [-0.25, -0.2) is 4.79 Å². The van der Waals surface area contributed by atoms with E-state index >= 15 is 0 Å². The molecule has 0 bridgehead atoms. The second-order valence-corrected chi connectivity index (χ2v) is 4.40. The lowest BCUT2D eigenvalue weighted by molar-refractivity contribution is 0.0601. The average Bonchev–Trinajstić information content (AvgIpc) is 2.37. The van der Waals surface area contributed by atoms with Crippen LogP contribution in [0.15, 0.2) is 24.3 Å². The zero-order valence-electron chi connectivity index (χ0n) is 11.1. The minimum absolute atomic E-state index is 0.281. The van der Waals surface area contributed by atoms with Gasteiger partial charge in [0.05, 0.1) is 18.4 Å². The van der Waals surface area contributed by atoms with Crippen molar-refractivity contribution in [3.63, 3.8) is 0 Å². The van der Waals surface area contributed by atoms with E-state index < -0.39 is 0 Å². The van der Waals surface area contributed by atoms with Gasteiger partial charge in [-0.1, -0.05) is 32.4 Å². The predicted octanol–water partition coefficient (Wildman–Crippen LogP) is 2.96. The molecule has 0 N–H and O–H groups in total. The number of para-hydroxylation sites is 1. The number of ether oxygens (including phenoxy) is 1. The van der Waals surface area contributed by atoms with Crippen molar-refractivity contribution < 1.29 is 9.53 Å². The highest BCUT2D eigenvalue weighted by molar-refractivity contribution is 5.95. The van der Waals surface area contributed by atoms with Crippen molar-refractivity contribution in [2.75, 3.05) is 25.6 Å². The maximum Gasteiger partial charge on any atom is 0.339 e. The minimum atomic E-state index is -0.281. The normalized spacial score (nSPS) is 12.0. The zero-order chi connectivity index (χ0) is 12.8. The fourth-order valence-corrected chi connectivity index (χ4v) is 1.78. The van der Waals surface area contributed by atoms with E-state index in [1.165, 1.54) is 7.11 Å². The number of anilines is 1. The van der Waals surface area contributed by atoms with Crippen LogP contribution in [0.1, 0.15) is 30.6 Å². The van der Waals surface area contributed by atoms with Crippen LogP contribution in [0.4, 0.5) is 5.69 Å². The van der Waals surface area contributed by atoms with Gasteiger partial charge in [-0.15, -0.1) is 0 Å². The van der Waals surface area contributed by atoms with Crippen LogP contribution in [0.3, 0.4) is 0 Å². The predicted molar refractivity (Wildman–Crippen MR) is 70.5 cm³/mol. The van der Waals surface area contributed by atoms with Crippen LogP contribution < -0.4 is 4.90 Å². The van der Waals surface area contributed by atoms with Crippen molar-refractivity contribution in [3.05, 3.63) is 29.8 Å². The highest BCUT2D eigenvalue weighted by atomic mass is 16.5. The van der Waals surface area contributed by atoms with E-state index in [0.29, 0.717) is 11.5 Å². The van der Waals surface area contributed by atoms with Gasteiger partial charge in [0.2, 0.25) is 0 Å². The molecule has 0 aromatic heterocycles. The van der Waals surface area contributed by atoms with Crippen molar-refractivity contribution in [3.8, 4) is 0 Å². The van der Waals surface area contributed by atoms with Crippen LogP contribution in [-0.2, 0) is 4.74 Å². The van der Waals surface area contributed by atoms with Gasteiger partial charge in [-0.3, -0.25) is 0 Å². The molecule has 17 heavy (non-hydrogen) atoms. The molecule has 0 aliphatic heterocycles. The molecule has 1 aromatic carbocycles. The van der Waals surface area contributed by atoms with Crippen LogP contribution in [-0.4, -0.2) is 26.7 Å². The molecule has 1 unspecified atom stereocenters. The van der Waals surface area contributed by atoms with Crippen molar-refractivity contribution in [2.45, 2.75) is 20.3 Å². The summed E-state index contributed by atoms with van der Waals surface area (Å²) in [5.41, 5.74) is 1.56. The molecule has 0 radical (unpaired) electrons. The molecule has 0 heterocycles. The van der Waals surface area contributed by atoms with Crippen LogP contribution in [0, 0.1) is 5.92 Å². The van der Waals surface area contributed by atoms with Gasteiger partial charge < -0.3 is 9.64 Å². The van der Waals surface area contributed by atoms with E-state index in [1.54, 1.807) is 6.07 Å². The Morgan fingerprint density at radius 3 is 2.65 bits per heavy atom. The molecule has 0 amide bonds. The highest BCUT2D eigenvalue weighted by Gasteiger charge is 2.15. The average molecular weight is 235 g/mol. The van der Waals surface area contributed by atoms with Gasteiger partial charge in [0.25, 0.3) is 0 Å². The molecule has 94 valence electrons. The van der Waals surface area contributed by atoms with E-state index in [9.17, 15) is 4.79 Å². The van der Waals surface area contributed by atoms with E-state index in [2.05, 4.69) is 18.7 Å². The molecule has 3 nitrogen and oxygen atoms in total. The summed E-state index contributed by atoms with van der Waals surface area (Å²) in [5.74, 6) is 0.322. The first-order chi connectivity index (χ1) is 8.10. The molecule has 1 atom stereocenters. The molecule has 3 heteroatoms. The molecular formula is C14H21NO2. The molecule has 1 rings (SSSR count). The Bertz CT molecular complexity index is 376. The molecule has 0 saturated carbocycles. The Balaban J connectivity index is 2.92. The van der Waals surface area contributed by atoms with Crippen LogP contribution in [0.5, 0.6) is 0 Å². The maximum atomic E-state index is 11.6. The van der Waals surface area contributed by atoms with Crippen LogP contribution >= 0.6 is 0 Å². The summed E-state index contributed by atoms with van der Waals surface area (Å²) in [6.07, 6.45) is 1.13. The Labute approximate surface area is 103 Å². The molecule has 1 aromatic rings. The molecule has 0 saturated heterocycles. The topological polar surface area (TPSA) is 29.5 Å².